The summed E-state index contributed by atoms with van der Waals surface area (Å²) in [7, 11) is 0. The number of rotatable bonds is 4. The third kappa shape index (κ3) is 3.65. The van der Waals surface area contributed by atoms with Gasteiger partial charge in [-0.1, -0.05) is 25.1 Å². The Labute approximate surface area is 146 Å². The zero-order valence-corrected chi connectivity index (χ0v) is 14.4. The molecule has 2 amide bonds. The highest BCUT2D eigenvalue weighted by molar-refractivity contribution is 6.00. The zero-order valence-electron chi connectivity index (χ0n) is 14.4. The zero-order chi connectivity index (χ0) is 17.8. The molecule has 0 aliphatic heterocycles. The van der Waals surface area contributed by atoms with Gasteiger partial charge in [-0.25, -0.2) is 19.7 Å². The summed E-state index contributed by atoms with van der Waals surface area (Å²) >= 11 is 0. The van der Waals surface area contributed by atoms with E-state index in [4.69, 9.17) is 0 Å². The number of aryl methyl sites for hydroxylation is 2. The van der Waals surface area contributed by atoms with Crippen LogP contribution in [0.25, 0.3) is 5.95 Å². The topological polar surface area (TPSA) is 84.7 Å². The molecule has 3 aromatic rings. The minimum absolute atomic E-state index is 0.327. The monoisotopic (exact) mass is 336 g/mol. The van der Waals surface area contributed by atoms with Gasteiger partial charge in [0.05, 0.1) is 23.8 Å². The molecule has 0 aliphatic carbocycles. The van der Waals surface area contributed by atoms with Crippen molar-refractivity contribution in [2.45, 2.75) is 27.2 Å². The number of imidazole rings is 1. The summed E-state index contributed by atoms with van der Waals surface area (Å²) < 4.78 is 1.80. The smallest absolute Gasteiger partial charge is 0.307 e. The summed E-state index contributed by atoms with van der Waals surface area (Å²) in [6, 6.07) is 7.38. The van der Waals surface area contributed by atoms with E-state index >= 15 is 0 Å². The first kappa shape index (κ1) is 16.6. The third-order valence-corrected chi connectivity index (χ3v) is 4.01. The van der Waals surface area contributed by atoms with E-state index in [0.717, 1.165) is 29.1 Å². The fourth-order valence-electron chi connectivity index (χ4n) is 2.45. The van der Waals surface area contributed by atoms with E-state index in [1.807, 2.05) is 45.0 Å². The first-order valence-electron chi connectivity index (χ1n) is 8.07. The van der Waals surface area contributed by atoms with Crippen LogP contribution in [0.4, 0.5) is 16.2 Å². The van der Waals surface area contributed by atoms with Crippen LogP contribution in [-0.4, -0.2) is 25.6 Å². The maximum Gasteiger partial charge on any atom is 0.323 e. The van der Waals surface area contributed by atoms with Crippen molar-refractivity contribution in [1.29, 1.82) is 0 Å². The van der Waals surface area contributed by atoms with Crippen LogP contribution in [0.2, 0.25) is 0 Å². The fourth-order valence-corrected chi connectivity index (χ4v) is 2.45. The Hall–Kier alpha value is -3.22. The van der Waals surface area contributed by atoms with Gasteiger partial charge >= 0.3 is 6.03 Å². The number of nitrogens with one attached hydrogen (secondary N) is 2. The van der Waals surface area contributed by atoms with E-state index in [1.54, 1.807) is 23.3 Å². The molecule has 0 spiro atoms. The van der Waals surface area contributed by atoms with Crippen molar-refractivity contribution < 1.29 is 4.79 Å². The number of hydrogen-bond donors (Lipinski definition) is 2. The SMILES string of the molecule is CCc1ccccc1NC(=O)Nc1cnc(-n2cnc(C)c2C)nc1. The first-order valence-corrected chi connectivity index (χ1v) is 8.07. The predicted octanol–water partition coefficient (Wildman–Crippen LogP) is 3.49. The molecule has 2 heterocycles. The van der Waals surface area contributed by atoms with Gasteiger partial charge in [-0.15, -0.1) is 0 Å². The van der Waals surface area contributed by atoms with Gasteiger partial charge in [0.2, 0.25) is 5.95 Å². The van der Waals surface area contributed by atoms with E-state index in [-0.39, 0.29) is 6.03 Å². The normalized spacial score (nSPS) is 10.5. The second-order valence-corrected chi connectivity index (χ2v) is 5.65. The highest BCUT2D eigenvalue weighted by atomic mass is 16.2. The molecule has 128 valence electrons. The molecule has 0 unspecified atom stereocenters. The Bertz CT molecular complexity index is 885. The molecule has 0 radical (unpaired) electrons. The second-order valence-electron chi connectivity index (χ2n) is 5.65. The van der Waals surface area contributed by atoms with Crippen LogP contribution >= 0.6 is 0 Å². The lowest BCUT2D eigenvalue weighted by Gasteiger charge is -2.11. The number of aromatic nitrogens is 4. The Morgan fingerprint density at radius 2 is 1.80 bits per heavy atom. The van der Waals surface area contributed by atoms with Gasteiger partial charge in [0.15, 0.2) is 0 Å². The maximum absolute atomic E-state index is 12.2. The van der Waals surface area contributed by atoms with Crippen LogP contribution < -0.4 is 10.6 Å². The van der Waals surface area contributed by atoms with Crippen LogP contribution in [0, 0.1) is 13.8 Å². The molecule has 0 bridgehead atoms. The van der Waals surface area contributed by atoms with Gasteiger partial charge in [-0.3, -0.25) is 4.57 Å². The molecule has 7 heteroatoms. The molecule has 0 fully saturated rings. The van der Waals surface area contributed by atoms with Crippen LogP contribution in [0.5, 0.6) is 0 Å². The molecule has 1 aromatic carbocycles. The van der Waals surface area contributed by atoms with E-state index in [9.17, 15) is 4.79 Å². The molecule has 0 aliphatic rings. The van der Waals surface area contributed by atoms with Gasteiger partial charge in [0.1, 0.15) is 6.33 Å². The van der Waals surface area contributed by atoms with Crippen LogP contribution in [0.1, 0.15) is 23.9 Å². The number of carbonyl (C=O) groups excluding carboxylic acids is 1. The van der Waals surface area contributed by atoms with E-state index in [0.29, 0.717) is 11.6 Å². The van der Waals surface area contributed by atoms with Gasteiger partial charge in [0.25, 0.3) is 0 Å². The number of anilines is 2. The molecule has 7 nitrogen and oxygen atoms in total. The average molecular weight is 336 g/mol. The van der Waals surface area contributed by atoms with Gasteiger partial charge in [-0.2, -0.15) is 0 Å². The molecular weight excluding hydrogens is 316 g/mol. The summed E-state index contributed by atoms with van der Waals surface area (Å²) in [5.41, 5.74) is 4.30. The number of hydrogen-bond acceptors (Lipinski definition) is 4. The Morgan fingerprint density at radius 1 is 1.08 bits per heavy atom. The predicted molar refractivity (Wildman–Crippen MR) is 97.1 cm³/mol. The molecule has 0 saturated carbocycles. The quantitative estimate of drug-likeness (QED) is 0.764. The Balaban J connectivity index is 1.69. The molecule has 3 rings (SSSR count). The van der Waals surface area contributed by atoms with Crippen molar-refractivity contribution in [2.75, 3.05) is 10.6 Å². The van der Waals surface area contributed by atoms with Gasteiger partial charge < -0.3 is 10.6 Å². The highest BCUT2D eigenvalue weighted by Crippen LogP contribution is 2.16. The molecule has 25 heavy (non-hydrogen) atoms. The van der Waals surface area contributed by atoms with E-state index < -0.39 is 0 Å². The van der Waals surface area contributed by atoms with Gasteiger partial charge in [0, 0.05) is 11.4 Å². The summed E-state index contributed by atoms with van der Waals surface area (Å²) in [5.74, 6) is 0.514. The van der Waals surface area contributed by atoms with E-state index in [2.05, 4.69) is 25.6 Å². The maximum atomic E-state index is 12.2. The number of amides is 2. The van der Waals surface area contributed by atoms with Crippen molar-refractivity contribution in [3.05, 3.63) is 59.9 Å². The third-order valence-electron chi connectivity index (χ3n) is 4.01. The van der Waals surface area contributed by atoms with Crippen molar-refractivity contribution in [3.63, 3.8) is 0 Å². The summed E-state index contributed by atoms with van der Waals surface area (Å²) in [6.07, 6.45) is 5.67. The number of urea groups is 1. The van der Waals surface area contributed by atoms with Crippen molar-refractivity contribution in [1.82, 2.24) is 19.5 Å². The van der Waals surface area contributed by atoms with Crippen molar-refractivity contribution >= 4 is 17.4 Å². The molecule has 2 aromatic heterocycles. The minimum atomic E-state index is -0.327. The lowest BCUT2D eigenvalue weighted by atomic mass is 10.1. The number of benzene rings is 1. The molecule has 0 saturated heterocycles. The van der Waals surface area contributed by atoms with Gasteiger partial charge in [-0.05, 0) is 31.9 Å². The Morgan fingerprint density at radius 3 is 2.44 bits per heavy atom. The van der Waals surface area contributed by atoms with Crippen molar-refractivity contribution in [2.24, 2.45) is 0 Å². The lowest BCUT2D eigenvalue weighted by Crippen LogP contribution is -2.20. The van der Waals surface area contributed by atoms with Crippen LogP contribution in [-0.2, 0) is 6.42 Å². The largest absolute Gasteiger partial charge is 0.323 e. The average Bonchev–Trinajstić information content (AvgIpc) is 2.95. The van der Waals surface area contributed by atoms with Crippen molar-refractivity contribution in [3.8, 4) is 5.95 Å². The number of nitrogens with zero attached hydrogens (tertiary/aromatic N) is 4. The number of para-hydroxylation sites is 1. The summed E-state index contributed by atoms with van der Waals surface area (Å²) in [4.78, 5) is 25.0. The standard InChI is InChI=1S/C18H20N6O/c1-4-14-7-5-6-8-16(14)23-18(25)22-15-9-19-17(20-10-15)24-11-21-12(2)13(24)3/h5-11H,4H2,1-3H3,(H2,22,23,25). The fraction of sp³-hybridized carbons (Fsp3) is 0.222. The van der Waals surface area contributed by atoms with E-state index in [1.165, 1.54) is 0 Å². The summed E-state index contributed by atoms with van der Waals surface area (Å²) in [6.45, 7) is 5.93. The van der Waals surface area contributed by atoms with Crippen LogP contribution in [0.3, 0.4) is 0 Å². The molecule has 0 atom stereocenters. The molecule has 2 N–H and O–H groups in total. The highest BCUT2D eigenvalue weighted by Gasteiger charge is 2.09. The lowest BCUT2D eigenvalue weighted by molar-refractivity contribution is 0.262. The number of carbonyl (C=O) groups is 1. The minimum Gasteiger partial charge on any atom is -0.307 e. The summed E-state index contributed by atoms with van der Waals surface area (Å²) in [5, 5.41) is 5.59. The first-order chi connectivity index (χ1) is 12.1. The van der Waals surface area contributed by atoms with Crippen LogP contribution in [0.15, 0.2) is 43.0 Å². The Kier molecular flexibility index (Phi) is 4.74. The second kappa shape index (κ2) is 7.12. The molecular formula is C18H20N6O.